The first-order valence-corrected chi connectivity index (χ1v) is 6.00. The molecule has 0 N–H and O–H groups in total. The van der Waals surface area contributed by atoms with Gasteiger partial charge in [0.05, 0.1) is 17.0 Å². The Morgan fingerprint density at radius 2 is 1.78 bits per heavy atom. The van der Waals surface area contributed by atoms with Crippen molar-refractivity contribution in [1.29, 1.82) is 0 Å². The molecule has 0 atom stereocenters. The van der Waals surface area contributed by atoms with Crippen molar-refractivity contribution in [2.24, 2.45) is 0 Å². The molecular formula is C13H11ClN4. The quantitative estimate of drug-likeness (QED) is 0.674. The largest absolute Gasteiger partial charge is 0.214 e. The number of hydrogen-bond acceptors (Lipinski definition) is 3. The molecule has 4 nitrogen and oxygen atoms in total. The summed E-state index contributed by atoms with van der Waals surface area (Å²) >= 11 is 5.96. The lowest BCUT2D eigenvalue weighted by molar-refractivity contribution is 0.839. The van der Waals surface area contributed by atoms with Crippen LogP contribution in [0.25, 0.3) is 16.8 Å². The fourth-order valence-corrected chi connectivity index (χ4v) is 2.15. The molecule has 18 heavy (non-hydrogen) atoms. The lowest BCUT2D eigenvalue weighted by Gasteiger charge is -2.01. The summed E-state index contributed by atoms with van der Waals surface area (Å²) in [5.41, 5.74) is 4.54. The van der Waals surface area contributed by atoms with Crippen molar-refractivity contribution in [2.45, 2.75) is 13.8 Å². The molecule has 0 unspecified atom stereocenters. The van der Waals surface area contributed by atoms with Crippen molar-refractivity contribution < 1.29 is 0 Å². The van der Waals surface area contributed by atoms with Gasteiger partial charge in [-0.2, -0.15) is 5.10 Å². The highest BCUT2D eigenvalue weighted by molar-refractivity contribution is 6.29. The van der Waals surface area contributed by atoms with Crippen molar-refractivity contribution >= 4 is 17.2 Å². The Morgan fingerprint density at radius 3 is 2.50 bits per heavy atom. The maximum absolute atomic E-state index is 5.96. The van der Waals surface area contributed by atoms with E-state index < -0.39 is 0 Å². The fourth-order valence-electron chi connectivity index (χ4n) is 2.04. The molecule has 2 aromatic heterocycles. The molecule has 0 radical (unpaired) electrons. The van der Waals surface area contributed by atoms with E-state index in [1.54, 1.807) is 4.52 Å². The Kier molecular flexibility index (Phi) is 2.52. The molecule has 0 spiro atoms. The summed E-state index contributed by atoms with van der Waals surface area (Å²) in [6.45, 7) is 3.84. The molecule has 90 valence electrons. The number of nitrogens with zero attached hydrogens (tertiary/aromatic N) is 4. The molecule has 2 heterocycles. The van der Waals surface area contributed by atoms with Gasteiger partial charge in [0, 0.05) is 0 Å². The number of rotatable bonds is 1. The van der Waals surface area contributed by atoms with E-state index in [2.05, 4.69) is 15.3 Å². The van der Waals surface area contributed by atoms with E-state index >= 15 is 0 Å². The lowest BCUT2D eigenvalue weighted by Crippen LogP contribution is -1.99. The van der Waals surface area contributed by atoms with Gasteiger partial charge >= 0.3 is 0 Å². The number of fused-ring (bicyclic) bond motifs is 1. The van der Waals surface area contributed by atoms with E-state index in [1.807, 2.05) is 44.2 Å². The molecule has 0 aliphatic carbocycles. The van der Waals surface area contributed by atoms with Crippen LogP contribution >= 0.6 is 11.6 Å². The number of aryl methyl sites for hydroxylation is 2. The molecular weight excluding hydrogens is 248 g/mol. The van der Waals surface area contributed by atoms with E-state index in [9.17, 15) is 0 Å². The van der Waals surface area contributed by atoms with Crippen LogP contribution in [0.1, 0.15) is 11.4 Å². The van der Waals surface area contributed by atoms with Crippen LogP contribution in [0.2, 0.25) is 5.15 Å². The van der Waals surface area contributed by atoms with Crippen LogP contribution in [0.3, 0.4) is 0 Å². The van der Waals surface area contributed by atoms with Gasteiger partial charge in [0.25, 0.3) is 0 Å². The van der Waals surface area contributed by atoms with Gasteiger partial charge in [-0.15, -0.1) is 10.2 Å². The van der Waals surface area contributed by atoms with E-state index in [0.717, 1.165) is 28.2 Å². The van der Waals surface area contributed by atoms with Gasteiger partial charge in [-0.25, -0.2) is 4.52 Å². The van der Waals surface area contributed by atoms with Crippen molar-refractivity contribution in [1.82, 2.24) is 19.8 Å². The van der Waals surface area contributed by atoms with Gasteiger partial charge < -0.3 is 0 Å². The predicted octanol–water partition coefficient (Wildman–Crippen LogP) is 3.06. The molecule has 0 aliphatic rings. The molecule has 3 rings (SSSR count). The fraction of sp³-hybridized carbons (Fsp3) is 0.154. The van der Waals surface area contributed by atoms with E-state index in [-0.39, 0.29) is 0 Å². The van der Waals surface area contributed by atoms with Crippen LogP contribution in [-0.2, 0) is 0 Å². The average Bonchev–Trinajstić information content (AvgIpc) is 2.72. The van der Waals surface area contributed by atoms with Gasteiger partial charge in [-0.3, -0.25) is 0 Å². The molecule has 0 saturated heterocycles. The zero-order valence-electron chi connectivity index (χ0n) is 10.1. The predicted molar refractivity (Wildman–Crippen MR) is 70.7 cm³/mol. The van der Waals surface area contributed by atoms with E-state index in [4.69, 9.17) is 11.6 Å². The van der Waals surface area contributed by atoms with Gasteiger partial charge in [-0.05, 0) is 19.4 Å². The van der Waals surface area contributed by atoms with Crippen molar-refractivity contribution in [3.63, 3.8) is 0 Å². The zero-order valence-corrected chi connectivity index (χ0v) is 10.8. The second kappa shape index (κ2) is 4.07. The molecule has 5 heteroatoms. The first-order valence-electron chi connectivity index (χ1n) is 5.62. The standard InChI is InChI=1S/C13H11ClN4/c1-8-11(10-6-4-3-5-7-10)13-16-15-12(14)9(2)18(13)17-8/h3-7H,1-2H3. The Labute approximate surface area is 109 Å². The number of halogens is 1. The summed E-state index contributed by atoms with van der Waals surface area (Å²) < 4.78 is 1.74. The summed E-state index contributed by atoms with van der Waals surface area (Å²) in [6, 6.07) is 10.0. The third-order valence-electron chi connectivity index (χ3n) is 2.95. The minimum atomic E-state index is 0.379. The molecule has 1 aromatic carbocycles. The highest BCUT2D eigenvalue weighted by atomic mass is 35.5. The van der Waals surface area contributed by atoms with Crippen LogP contribution < -0.4 is 0 Å². The summed E-state index contributed by atoms with van der Waals surface area (Å²) in [7, 11) is 0. The number of aromatic nitrogens is 4. The van der Waals surface area contributed by atoms with Gasteiger partial charge in [0.2, 0.25) is 0 Å². The van der Waals surface area contributed by atoms with Crippen LogP contribution in [0, 0.1) is 13.8 Å². The van der Waals surface area contributed by atoms with E-state index in [1.165, 1.54) is 0 Å². The smallest absolute Gasteiger partial charge is 0.185 e. The normalized spacial score (nSPS) is 11.1. The summed E-state index contributed by atoms with van der Waals surface area (Å²) in [5, 5.41) is 13.0. The first-order chi connectivity index (χ1) is 8.68. The van der Waals surface area contributed by atoms with Crippen LogP contribution in [0.4, 0.5) is 0 Å². The summed E-state index contributed by atoms with van der Waals surface area (Å²) in [4.78, 5) is 0. The molecule has 0 bridgehead atoms. The topological polar surface area (TPSA) is 43.1 Å². The number of hydrogen-bond donors (Lipinski definition) is 0. The van der Waals surface area contributed by atoms with Crippen molar-refractivity contribution in [2.75, 3.05) is 0 Å². The maximum Gasteiger partial charge on any atom is 0.185 e. The zero-order chi connectivity index (χ0) is 12.7. The highest BCUT2D eigenvalue weighted by Crippen LogP contribution is 2.27. The second-order valence-electron chi connectivity index (χ2n) is 4.14. The minimum Gasteiger partial charge on any atom is -0.214 e. The molecule has 3 aromatic rings. The molecule has 0 saturated carbocycles. The van der Waals surface area contributed by atoms with Crippen LogP contribution in [-0.4, -0.2) is 19.8 Å². The number of benzene rings is 1. The SMILES string of the molecule is Cc1nn2c(C)c(Cl)nnc2c1-c1ccccc1. The second-order valence-corrected chi connectivity index (χ2v) is 4.50. The van der Waals surface area contributed by atoms with Crippen molar-refractivity contribution in [3.05, 3.63) is 46.9 Å². The summed E-state index contributed by atoms with van der Waals surface area (Å²) in [6.07, 6.45) is 0. The third kappa shape index (κ3) is 1.57. The Hall–Kier alpha value is -1.94. The Bertz CT molecular complexity index is 719. The first kappa shape index (κ1) is 11.2. The summed E-state index contributed by atoms with van der Waals surface area (Å²) in [5.74, 6) is 0. The van der Waals surface area contributed by atoms with Gasteiger partial charge in [0.15, 0.2) is 10.8 Å². The average molecular weight is 259 g/mol. The minimum absolute atomic E-state index is 0.379. The van der Waals surface area contributed by atoms with Gasteiger partial charge in [-0.1, -0.05) is 41.9 Å². The molecule has 0 amide bonds. The molecule has 0 aliphatic heterocycles. The highest BCUT2D eigenvalue weighted by Gasteiger charge is 2.15. The van der Waals surface area contributed by atoms with Crippen LogP contribution in [0.5, 0.6) is 0 Å². The van der Waals surface area contributed by atoms with Crippen molar-refractivity contribution in [3.8, 4) is 11.1 Å². The lowest BCUT2D eigenvalue weighted by atomic mass is 10.1. The Morgan fingerprint density at radius 1 is 1.06 bits per heavy atom. The van der Waals surface area contributed by atoms with E-state index in [0.29, 0.717) is 5.15 Å². The van der Waals surface area contributed by atoms with Crippen LogP contribution in [0.15, 0.2) is 30.3 Å². The monoisotopic (exact) mass is 258 g/mol. The Balaban J connectivity index is 2.37. The molecule has 0 fully saturated rings. The van der Waals surface area contributed by atoms with Gasteiger partial charge in [0.1, 0.15) is 0 Å². The maximum atomic E-state index is 5.96. The third-order valence-corrected chi connectivity index (χ3v) is 3.30.